The lowest BCUT2D eigenvalue weighted by Gasteiger charge is -2.31. The summed E-state index contributed by atoms with van der Waals surface area (Å²) >= 11 is 1.42. The number of rotatable bonds is 8. The van der Waals surface area contributed by atoms with Gasteiger partial charge in [-0.3, -0.25) is 14.3 Å². The zero-order valence-corrected chi connectivity index (χ0v) is 21.6. The van der Waals surface area contributed by atoms with E-state index in [1.54, 1.807) is 30.2 Å². The zero-order valence-electron chi connectivity index (χ0n) is 20.8. The molecule has 1 fully saturated rings. The molecule has 1 saturated carbocycles. The van der Waals surface area contributed by atoms with Gasteiger partial charge in [0.2, 0.25) is 5.91 Å². The van der Waals surface area contributed by atoms with Crippen molar-refractivity contribution in [2.45, 2.75) is 44.7 Å². The van der Waals surface area contributed by atoms with E-state index in [2.05, 4.69) is 26.7 Å². The summed E-state index contributed by atoms with van der Waals surface area (Å²) in [4.78, 5) is 30.1. The molecule has 1 aliphatic carbocycles. The zero-order chi connectivity index (χ0) is 25.8. The van der Waals surface area contributed by atoms with E-state index in [0.29, 0.717) is 48.2 Å². The van der Waals surface area contributed by atoms with Crippen LogP contribution in [-0.4, -0.2) is 40.8 Å². The summed E-state index contributed by atoms with van der Waals surface area (Å²) in [6.45, 7) is 1.86. The Morgan fingerprint density at radius 1 is 1.27 bits per heavy atom. The first-order valence-corrected chi connectivity index (χ1v) is 13.4. The highest BCUT2D eigenvalue weighted by Gasteiger charge is 2.28. The summed E-state index contributed by atoms with van der Waals surface area (Å²) < 4.78 is 7.37. The molecule has 1 aromatic carbocycles. The predicted octanol–water partition coefficient (Wildman–Crippen LogP) is 4.07. The topological polar surface area (TPSA) is 112 Å². The molecule has 3 aromatic rings. The van der Waals surface area contributed by atoms with Crippen LogP contribution < -0.4 is 20.3 Å². The Hall–Kier alpha value is -3.84. The fourth-order valence-electron chi connectivity index (χ4n) is 5.04. The molecule has 3 heterocycles. The maximum Gasteiger partial charge on any atom is 0.262 e. The second-order valence-electron chi connectivity index (χ2n) is 9.63. The minimum atomic E-state index is -0.614. The second kappa shape index (κ2) is 11.0. The van der Waals surface area contributed by atoms with Gasteiger partial charge in [0.15, 0.2) is 0 Å². The lowest BCUT2D eigenvalue weighted by Crippen LogP contribution is -2.44. The van der Waals surface area contributed by atoms with Crippen molar-refractivity contribution in [2.24, 2.45) is 13.0 Å². The first-order chi connectivity index (χ1) is 18.0. The number of hydrogen-bond donors (Lipinski definition) is 2. The molecule has 9 nitrogen and oxygen atoms in total. The molecule has 2 aliphatic rings. The third-order valence-electron chi connectivity index (χ3n) is 6.92. The predicted molar refractivity (Wildman–Crippen MR) is 142 cm³/mol. The maximum atomic E-state index is 13.2. The number of carbonyl (C=O) groups is 2. The molecule has 37 heavy (non-hydrogen) atoms. The number of carbonyl (C=O) groups excluding carboxylic acids is 2. The van der Waals surface area contributed by atoms with E-state index in [4.69, 9.17) is 4.74 Å². The quantitative estimate of drug-likeness (QED) is 0.465. The van der Waals surface area contributed by atoms with Gasteiger partial charge in [-0.15, -0.1) is 11.3 Å². The highest BCUT2D eigenvalue weighted by Crippen LogP contribution is 2.34. The highest BCUT2D eigenvalue weighted by molar-refractivity contribution is 7.14. The van der Waals surface area contributed by atoms with Crippen molar-refractivity contribution in [3.8, 4) is 11.8 Å². The first-order valence-electron chi connectivity index (χ1n) is 12.6. The molecule has 10 heteroatoms. The van der Waals surface area contributed by atoms with Crippen LogP contribution in [0.1, 0.15) is 52.2 Å². The number of anilines is 2. The fourth-order valence-corrected chi connectivity index (χ4v) is 5.96. The molecule has 0 radical (unpaired) electrons. The van der Waals surface area contributed by atoms with E-state index in [1.165, 1.54) is 24.2 Å². The van der Waals surface area contributed by atoms with Gasteiger partial charge in [-0.25, -0.2) is 0 Å². The summed E-state index contributed by atoms with van der Waals surface area (Å²) in [7, 11) is 1.79. The molecule has 0 saturated heterocycles. The van der Waals surface area contributed by atoms with Gasteiger partial charge in [0.05, 0.1) is 47.2 Å². The van der Waals surface area contributed by atoms with E-state index >= 15 is 0 Å². The van der Waals surface area contributed by atoms with E-state index in [-0.39, 0.29) is 11.8 Å². The third kappa shape index (κ3) is 5.94. The lowest BCUT2D eigenvalue weighted by atomic mass is 9.97. The highest BCUT2D eigenvalue weighted by atomic mass is 32.1. The van der Waals surface area contributed by atoms with Crippen molar-refractivity contribution < 1.29 is 14.3 Å². The van der Waals surface area contributed by atoms with Crippen molar-refractivity contribution in [2.75, 3.05) is 23.4 Å². The molecule has 5 rings (SSSR count). The normalized spacial score (nSPS) is 15.9. The van der Waals surface area contributed by atoms with Crippen LogP contribution in [0.2, 0.25) is 0 Å². The number of benzene rings is 1. The van der Waals surface area contributed by atoms with Crippen molar-refractivity contribution >= 4 is 34.5 Å². The molecule has 0 spiro atoms. The van der Waals surface area contributed by atoms with Crippen LogP contribution in [0, 0.1) is 17.2 Å². The largest absolute Gasteiger partial charge is 0.490 e. The molecule has 0 bridgehead atoms. The summed E-state index contributed by atoms with van der Waals surface area (Å²) in [6.07, 6.45) is 8.48. The number of nitrogens with one attached hydrogen (secondary N) is 2. The number of fused-ring (bicyclic) bond motifs is 1. The Balaban J connectivity index is 1.26. The number of aryl methyl sites for hydroxylation is 1. The van der Waals surface area contributed by atoms with Gasteiger partial charge in [0.25, 0.3) is 5.91 Å². The monoisotopic (exact) mass is 518 g/mol. The molecule has 192 valence electrons. The van der Waals surface area contributed by atoms with Crippen LogP contribution in [-0.2, 0) is 18.4 Å². The molecule has 2 amide bonds. The Labute approximate surface area is 220 Å². The molecule has 2 aromatic heterocycles. The number of nitriles is 1. The standard InChI is InChI=1S/C27H30N6O3S/c1-32-16-20(15-29-32)30-26(34)22(12-18-4-2-3-5-18)31-27(35)25-9-7-21(37-25)17-33-10-11-36-24-8-6-19(14-28)13-23(24)33/h6-9,13,15-16,18,22H,2-5,10-12,17H2,1H3,(H,30,34)(H,31,35)/t22-/m0/s1. The van der Waals surface area contributed by atoms with E-state index in [0.717, 1.165) is 29.2 Å². The van der Waals surface area contributed by atoms with Gasteiger partial charge >= 0.3 is 0 Å². The summed E-state index contributed by atoms with van der Waals surface area (Å²) in [5, 5.41) is 19.3. The SMILES string of the molecule is Cn1cc(NC(=O)[C@H](CC2CCCC2)NC(=O)c2ccc(CN3CCOc4ccc(C#N)cc43)s2)cn1. The Morgan fingerprint density at radius 2 is 2.11 bits per heavy atom. The van der Waals surface area contributed by atoms with E-state index in [9.17, 15) is 14.9 Å². The number of ether oxygens (including phenoxy) is 1. The van der Waals surface area contributed by atoms with Crippen molar-refractivity contribution in [1.29, 1.82) is 5.26 Å². The van der Waals surface area contributed by atoms with Crippen LogP contribution in [0.3, 0.4) is 0 Å². The van der Waals surface area contributed by atoms with E-state index in [1.807, 2.05) is 24.3 Å². The summed E-state index contributed by atoms with van der Waals surface area (Å²) in [5.41, 5.74) is 2.08. The molecule has 0 unspecified atom stereocenters. The van der Waals surface area contributed by atoms with Crippen LogP contribution in [0.25, 0.3) is 0 Å². The van der Waals surface area contributed by atoms with Gasteiger partial charge in [-0.2, -0.15) is 10.4 Å². The number of aromatic nitrogens is 2. The summed E-state index contributed by atoms with van der Waals surface area (Å²) in [6, 6.07) is 10.7. The van der Waals surface area contributed by atoms with Crippen molar-refractivity contribution in [3.63, 3.8) is 0 Å². The number of nitrogens with zero attached hydrogens (tertiary/aromatic N) is 4. The Bertz CT molecular complexity index is 1320. The molecule has 1 aliphatic heterocycles. The minimum Gasteiger partial charge on any atom is -0.490 e. The lowest BCUT2D eigenvalue weighted by molar-refractivity contribution is -0.118. The van der Waals surface area contributed by atoms with Crippen LogP contribution in [0.15, 0.2) is 42.7 Å². The second-order valence-corrected chi connectivity index (χ2v) is 10.8. The third-order valence-corrected chi connectivity index (χ3v) is 7.99. The Morgan fingerprint density at radius 3 is 2.86 bits per heavy atom. The van der Waals surface area contributed by atoms with Gasteiger partial charge in [-0.1, -0.05) is 25.7 Å². The molecule has 1 atom stereocenters. The summed E-state index contributed by atoms with van der Waals surface area (Å²) in [5.74, 6) is 0.732. The van der Waals surface area contributed by atoms with Gasteiger partial charge in [-0.05, 0) is 42.7 Å². The van der Waals surface area contributed by atoms with Crippen LogP contribution >= 0.6 is 11.3 Å². The minimum absolute atomic E-state index is 0.219. The van der Waals surface area contributed by atoms with E-state index < -0.39 is 6.04 Å². The molecular weight excluding hydrogens is 488 g/mol. The van der Waals surface area contributed by atoms with Gasteiger partial charge < -0.3 is 20.3 Å². The van der Waals surface area contributed by atoms with Gasteiger partial charge in [0, 0.05) is 18.1 Å². The number of hydrogen-bond acceptors (Lipinski definition) is 7. The Kier molecular flexibility index (Phi) is 7.42. The molecule has 2 N–H and O–H groups in total. The average molecular weight is 519 g/mol. The van der Waals surface area contributed by atoms with Crippen LogP contribution in [0.4, 0.5) is 11.4 Å². The maximum absolute atomic E-state index is 13.2. The molecular formula is C27H30N6O3S. The van der Waals surface area contributed by atoms with Gasteiger partial charge in [0.1, 0.15) is 18.4 Å². The van der Waals surface area contributed by atoms with Crippen LogP contribution in [0.5, 0.6) is 5.75 Å². The van der Waals surface area contributed by atoms with Crippen molar-refractivity contribution in [1.82, 2.24) is 15.1 Å². The first kappa shape index (κ1) is 24.8. The fraction of sp³-hybridized carbons (Fsp3) is 0.407. The number of thiophene rings is 1. The van der Waals surface area contributed by atoms with Crippen molar-refractivity contribution in [3.05, 3.63) is 58.0 Å². The average Bonchev–Trinajstić information content (AvgIpc) is 3.67. The number of amides is 2. The smallest absolute Gasteiger partial charge is 0.262 e.